The summed E-state index contributed by atoms with van der Waals surface area (Å²) in [6.07, 6.45) is 1.59. The van der Waals surface area contributed by atoms with E-state index in [0.29, 0.717) is 22.0 Å². The molecule has 142 valence electrons. The molecule has 3 nitrogen and oxygen atoms in total. The highest BCUT2D eigenvalue weighted by atomic mass is 35.5. The molecule has 0 atom stereocenters. The maximum atomic E-state index is 13.3. The molecule has 2 aromatic heterocycles. The Morgan fingerprint density at radius 1 is 1.04 bits per heavy atom. The van der Waals surface area contributed by atoms with Crippen LogP contribution in [0.1, 0.15) is 21.6 Å². The summed E-state index contributed by atoms with van der Waals surface area (Å²) in [5.74, 6) is 0. The maximum Gasteiger partial charge on any atom is 0.263 e. The van der Waals surface area contributed by atoms with Crippen molar-refractivity contribution in [2.45, 2.75) is 27.3 Å². The van der Waals surface area contributed by atoms with Gasteiger partial charge in [0.2, 0.25) is 0 Å². The quantitative estimate of drug-likeness (QED) is 0.377. The fraction of sp³-hybridized carbons (Fsp3) is 0.182. The van der Waals surface area contributed by atoms with Crippen molar-refractivity contribution in [3.63, 3.8) is 0 Å². The van der Waals surface area contributed by atoms with Gasteiger partial charge in [-0.05, 0) is 55.2 Å². The van der Waals surface area contributed by atoms with Crippen LogP contribution >= 0.6 is 34.5 Å². The number of rotatable bonds is 3. The van der Waals surface area contributed by atoms with Crippen molar-refractivity contribution in [3.05, 3.63) is 84.7 Å². The SMILES string of the molecule is Cc1ccc(-c2c(C)sc3ncn(Cc4ccc(Cl)cc4Cl)c(=O)c23)cc1C. The number of thiophene rings is 1. The molecule has 2 heterocycles. The van der Waals surface area contributed by atoms with Crippen LogP contribution in [0.15, 0.2) is 47.5 Å². The molecule has 0 aliphatic carbocycles. The molecule has 0 saturated carbocycles. The molecule has 6 heteroatoms. The van der Waals surface area contributed by atoms with Crippen LogP contribution in [0.3, 0.4) is 0 Å². The first-order valence-corrected chi connectivity index (χ1v) is 10.4. The average molecular weight is 429 g/mol. The Balaban J connectivity index is 1.89. The van der Waals surface area contributed by atoms with E-state index in [1.54, 1.807) is 34.4 Å². The first-order valence-electron chi connectivity index (χ1n) is 8.85. The van der Waals surface area contributed by atoms with Crippen LogP contribution in [0, 0.1) is 20.8 Å². The number of fused-ring (bicyclic) bond motifs is 1. The normalized spacial score (nSPS) is 11.3. The topological polar surface area (TPSA) is 34.9 Å². The third-order valence-electron chi connectivity index (χ3n) is 5.01. The van der Waals surface area contributed by atoms with Crippen LogP contribution in [-0.2, 0) is 6.54 Å². The summed E-state index contributed by atoms with van der Waals surface area (Å²) in [6, 6.07) is 11.6. The monoisotopic (exact) mass is 428 g/mol. The van der Waals surface area contributed by atoms with Crippen molar-refractivity contribution < 1.29 is 0 Å². The van der Waals surface area contributed by atoms with Gasteiger partial charge in [0.15, 0.2) is 0 Å². The second-order valence-electron chi connectivity index (χ2n) is 6.93. The van der Waals surface area contributed by atoms with Crippen molar-refractivity contribution in [3.8, 4) is 11.1 Å². The highest BCUT2D eigenvalue weighted by molar-refractivity contribution is 7.19. The van der Waals surface area contributed by atoms with E-state index in [1.807, 2.05) is 13.0 Å². The largest absolute Gasteiger partial charge is 0.294 e. The fourth-order valence-corrected chi connectivity index (χ4v) is 4.80. The minimum Gasteiger partial charge on any atom is -0.294 e. The maximum absolute atomic E-state index is 13.3. The Morgan fingerprint density at radius 3 is 2.54 bits per heavy atom. The standard InChI is InChI=1S/C22H18Cl2N2OS/c1-12-4-5-15(8-13(12)2)19-14(3)28-21-20(19)22(27)26(11-25-21)10-16-6-7-17(23)9-18(16)24/h4-9,11H,10H2,1-3H3. The van der Waals surface area contributed by atoms with Gasteiger partial charge in [0.25, 0.3) is 5.56 Å². The highest BCUT2D eigenvalue weighted by Gasteiger charge is 2.17. The molecule has 0 amide bonds. The van der Waals surface area contributed by atoms with E-state index in [4.69, 9.17) is 23.2 Å². The lowest BCUT2D eigenvalue weighted by atomic mass is 9.99. The van der Waals surface area contributed by atoms with Crippen molar-refractivity contribution in [1.29, 1.82) is 0 Å². The molecule has 4 aromatic rings. The number of hydrogen-bond donors (Lipinski definition) is 0. The number of nitrogens with zero attached hydrogens (tertiary/aromatic N) is 2. The Labute approximate surface area is 177 Å². The summed E-state index contributed by atoms with van der Waals surface area (Å²) in [5, 5.41) is 1.77. The molecular weight excluding hydrogens is 411 g/mol. The van der Waals surface area contributed by atoms with Crippen LogP contribution in [0.4, 0.5) is 0 Å². The van der Waals surface area contributed by atoms with E-state index in [9.17, 15) is 4.79 Å². The molecule has 4 rings (SSSR count). The van der Waals surface area contributed by atoms with Crippen molar-refractivity contribution in [1.82, 2.24) is 9.55 Å². The zero-order valence-corrected chi connectivity index (χ0v) is 18.0. The molecule has 28 heavy (non-hydrogen) atoms. The van der Waals surface area contributed by atoms with Gasteiger partial charge in [-0.1, -0.05) is 47.5 Å². The first kappa shape index (κ1) is 19.2. The second-order valence-corrected chi connectivity index (χ2v) is 8.97. The van der Waals surface area contributed by atoms with E-state index in [1.165, 1.54) is 11.1 Å². The predicted molar refractivity (Wildman–Crippen MR) is 119 cm³/mol. The molecule has 0 aliphatic heterocycles. The second kappa shape index (κ2) is 7.36. The van der Waals surface area contributed by atoms with Crippen LogP contribution in [0.5, 0.6) is 0 Å². The molecule has 2 aromatic carbocycles. The van der Waals surface area contributed by atoms with Gasteiger partial charge < -0.3 is 0 Å². The molecule has 0 fully saturated rings. The van der Waals surface area contributed by atoms with Gasteiger partial charge in [0.05, 0.1) is 18.3 Å². The molecule has 0 radical (unpaired) electrons. The molecule has 0 saturated heterocycles. The highest BCUT2D eigenvalue weighted by Crippen LogP contribution is 2.36. The van der Waals surface area contributed by atoms with Crippen molar-refractivity contribution >= 4 is 44.8 Å². The van der Waals surface area contributed by atoms with Crippen LogP contribution in [-0.4, -0.2) is 9.55 Å². The minimum atomic E-state index is -0.0615. The molecule has 0 N–H and O–H groups in total. The third-order valence-corrected chi connectivity index (χ3v) is 6.61. The van der Waals surface area contributed by atoms with Crippen molar-refractivity contribution in [2.75, 3.05) is 0 Å². The molecule has 0 bridgehead atoms. The lowest BCUT2D eigenvalue weighted by Gasteiger charge is -2.09. The Morgan fingerprint density at radius 2 is 1.82 bits per heavy atom. The van der Waals surface area contributed by atoms with Gasteiger partial charge in [-0.2, -0.15) is 0 Å². The molecule has 0 spiro atoms. The Bertz CT molecular complexity index is 1270. The average Bonchev–Trinajstić information content (AvgIpc) is 2.98. The van der Waals surface area contributed by atoms with E-state index < -0.39 is 0 Å². The van der Waals surface area contributed by atoms with E-state index in [-0.39, 0.29) is 5.56 Å². The van der Waals surface area contributed by atoms with Crippen LogP contribution in [0.2, 0.25) is 10.0 Å². The zero-order valence-electron chi connectivity index (χ0n) is 15.7. The van der Waals surface area contributed by atoms with Crippen molar-refractivity contribution in [2.24, 2.45) is 0 Å². The van der Waals surface area contributed by atoms with Gasteiger partial charge >= 0.3 is 0 Å². The number of hydrogen-bond acceptors (Lipinski definition) is 3. The molecular formula is C22H18Cl2N2OS. The predicted octanol–water partition coefficient (Wildman–Crippen LogP) is 6.41. The number of aryl methyl sites for hydroxylation is 3. The third kappa shape index (κ3) is 3.37. The number of benzene rings is 2. The number of halogens is 2. The summed E-state index contributed by atoms with van der Waals surface area (Å²) in [6.45, 7) is 6.56. The van der Waals surface area contributed by atoms with Gasteiger partial charge in [-0.25, -0.2) is 4.98 Å². The molecule has 0 unspecified atom stereocenters. The molecule has 0 aliphatic rings. The van der Waals surface area contributed by atoms with Gasteiger partial charge in [0.1, 0.15) is 4.83 Å². The summed E-state index contributed by atoms with van der Waals surface area (Å²) in [7, 11) is 0. The zero-order chi connectivity index (χ0) is 20.0. The van der Waals surface area contributed by atoms with E-state index >= 15 is 0 Å². The fourth-order valence-electron chi connectivity index (χ4n) is 3.33. The Kier molecular flexibility index (Phi) is 5.04. The van der Waals surface area contributed by atoms with Crippen LogP contribution < -0.4 is 5.56 Å². The minimum absolute atomic E-state index is 0.0615. The lowest BCUT2D eigenvalue weighted by Crippen LogP contribution is -2.21. The number of aromatic nitrogens is 2. The van der Waals surface area contributed by atoms with Gasteiger partial charge in [-0.3, -0.25) is 9.36 Å². The van der Waals surface area contributed by atoms with E-state index in [0.717, 1.165) is 26.4 Å². The Hall–Kier alpha value is -2.14. The van der Waals surface area contributed by atoms with E-state index in [2.05, 4.69) is 37.0 Å². The van der Waals surface area contributed by atoms with Gasteiger partial charge in [0, 0.05) is 20.5 Å². The lowest BCUT2D eigenvalue weighted by molar-refractivity contribution is 0.749. The van der Waals surface area contributed by atoms with Crippen LogP contribution in [0.25, 0.3) is 21.3 Å². The summed E-state index contributed by atoms with van der Waals surface area (Å²) in [5.41, 5.74) is 5.22. The summed E-state index contributed by atoms with van der Waals surface area (Å²) >= 11 is 13.8. The first-order chi connectivity index (χ1) is 13.3. The summed E-state index contributed by atoms with van der Waals surface area (Å²) in [4.78, 5) is 19.7. The van der Waals surface area contributed by atoms with Gasteiger partial charge in [-0.15, -0.1) is 11.3 Å². The smallest absolute Gasteiger partial charge is 0.263 e. The summed E-state index contributed by atoms with van der Waals surface area (Å²) < 4.78 is 1.61.